The van der Waals surface area contributed by atoms with E-state index in [1.165, 1.54) is 13.2 Å². The smallest absolute Gasteiger partial charge is 0.129 e. The fourth-order valence-electron chi connectivity index (χ4n) is 1.07. The van der Waals surface area contributed by atoms with E-state index in [0.717, 1.165) is 0 Å². The highest BCUT2D eigenvalue weighted by atomic mass is 79.9. The first-order valence-corrected chi connectivity index (χ1v) is 4.64. The Morgan fingerprint density at radius 2 is 2.31 bits per heavy atom. The van der Waals surface area contributed by atoms with Gasteiger partial charge in [0.15, 0.2) is 0 Å². The molecule has 1 aromatic rings. The Hall–Kier alpha value is -0.450. The molecule has 1 atom stereocenters. The topological polar surface area (TPSA) is 35.2 Å². The van der Waals surface area contributed by atoms with E-state index in [0.29, 0.717) is 16.6 Å². The van der Waals surface area contributed by atoms with Crippen molar-refractivity contribution in [3.05, 3.63) is 34.1 Å². The Balaban J connectivity index is 2.88. The third kappa shape index (κ3) is 2.76. The number of halogens is 2. The lowest BCUT2D eigenvalue weighted by atomic mass is 10.1. The monoisotopic (exact) mass is 247 g/mol. The second-order valence-electron chi connectivity index (χ2n) is 2.73. The zero-order valence-corrected chi connectivity index (χ0v) is 8.84. The molecular weight excluding hydrogens is 237 g/mol. The number of ether oxygens (including phenoxy) is 1. The number of methoxy groups -OCH3 is 1. The summed E-state index contributed by atoms with van der Waals surface area (Å²) in [7, 11) is 1.54. The van der Waals surface area contributed by atoms with Gasteiger partial charge in [-0.05, 0) is 12.1 Å². The molecule has 13 heavy (non-hydrogen) atoms. The van der Waals surface area contributed by atoms with Gasteiger partial charge in [0.1, 0.15) is 5.82 Å². The number of benzene rings is 1. The molecule has 0 saturated carbocycles. The van der Waals surface area contributed by atoms with E-state index in [4.69, 9.17) is 10.5 Å². The number of nitrogens with two attached hydrogens (primary N) is 1. The van der Waals surface area contributed by atoms with Crippen molar-refractivity contribution in [3.8, 4) is 0 Å². The average Bonchev–Trinajstić information content (AvgIpc) is 2.04. The molecule has 0 amide bonds. The summed E-state index contributed by atoms with van der Waals surface area (Å²) in [5.74, 6) is -0.307. The summed E-state index contributed by atoms with van der Waals surface area (Å²) in [4.78, 5) is 0. The molecule has 0 saturated heterocycles. The van der Waals surface area contributed by atoms with E-state index in [2.05, 4.69) is 15.9 Å². The van der Waals surface area contributed by atoms with Gasteiger partial charge in [0, 0.05) is 17.1 Å². The average molecular weight is 248 g/mol. The van der Waals surface area contributed by atoms with Crippen molar-refractivity contribution >= 4 is 15.9 Å². The van der Waals surface area contributed by atoms with Crippen LogP contribution in [0.3, 0.4) is 0 Å². The van der Waals surface area contributed by atoms with Gasteiger partial charge >= 0.3 is 0 Å². The van der Waals surface area contributed by atoms with E-state index in [-0.39, 0.29) is 5.82 Å². The number of hydrogen-bond donors (Lipinski definition) is 1. The maximum atomic E-state index is 13.3. The van der Waals surface area contributed by atoms with Gasteiger partial charge in [0.05, 0.1) is 12.6 Å². The second-order valence-corrected chi connectivity index (χ2v) is 3.64. The molecule has 4 heteroatoms. The molecule has 2 nitrogen and oxygen atoms in total. The minimum atomic E-state index is -0.405. The van der Waals surface area contributed by atoms with E-state index in [9.17, 15) is 4.39 Å². The summed E-state index contributed by atoms with van der Waals surface area (Å²) in [6.07, 6.45) is 0. The largest absolute Gasteiger partial charge is 0.383 e. The van der Waals surface area contributed by atoms with E-state index in [1.807, 2.05) is 0 Å². The fourth-order valence-corrected chi connectivity index (χ4v) is 1.40. The molecule has 0 fully saturated rings. The molecule has 0 heterocycles. The SMILES string of the molecule is COC[C@H](N)c1ccc(Br)cc1F. The Morgan fingerprint density at radius 3 is 2.85 bits per heavy atom. The Labute approximate surface area is 85.0 Å². The quantitative estimate of drug-likeness (QED) is 0.890. The maximum absolute atomic E-state index is 13.3. The van der Waals surface area contributed by atoms with Crippen LogP contribution in [0.2, 0.25) is 0 Å². The predicted molar refractivity (Wildman–Crippen MR) is 52.9 cm³/mol. The molecule has 0 bridgehead atoms. The van der Waals surface area contributed by atoms with Crippen molar-refractivity contribution in [1.82, 2.24) is 0 Å². The first-order valence-electron chi connectivity index (χ1n) is 3.84. The van der Waals surface area contributed by atoms with Crippen LogP contribution in [0.1, 0.15) is 11.6 Å². The van der Waals surface area contributed by atoms with Crippen LogP contribution in [0.5, 0.6) is 0 Å². The lowest BCUT2D eigenvalue weighted by molar-refractivity contribution is 0.179. The lowest BCUT2D eigenvalue weighted by Crippen LogP contribution is -2.17. The third-order valence-corrected chi connectivity index (χ3v) is 2.20. The Bertz CT molecular complexity index is 293. The van der Waals surface area contributed by atoms with Crippen molar-refractivity contribution in [2.45, 2.75) is 6.04 Å². The standard InChI is InChI=1S/C9H11BrFNO/c1-13-5-9(12)7-3-2-6(10)4-8(7)11/h2-4,9H,5,12H2,1H3/t9-/m0/s1. The molecule has 0 aliphatic carbocycles. The molecule has 1 aromatic carbocycles. The van der Waals surface area contributed by atoms with Gasteiger partial charge in [-0.25, -0.2) is 4.39 Å². The lowest BCUT2D eigenvalue weighted by Gasteiger charge is -2.11. The molecule has 0 aromatic heterocycles. The highest BCUT2D eigenvalue weighted by Gasteiger charge is 2.10. The highest BCUT2D eigenvalue weighted by Crippen LogP contribution is 2.19. The molecule has 2 N–H and O–H groups in total. The molecule has 0 aliphatic rings. The van der Waals surface area contributed by atoms with Crippen molar-refractivity contribution in [2.75, 3.05) is 13.7 Å². The minimum Gasteiger partial charge on any atom is -0.383 e. The van der Waals surface area contributed by atoms with Gasteiger partial charge in [0.25, 0.3) is 0 Å². The van der Waals surface area contributed by atoms with E-state index < -0.39 is 6.04 Å². The number of rotatable bonds is 3. The van der Waals surface area contributed by atoms with Crippen molar-refractivity contribution in [3.63, 3.8) is 0 Å². The summed E-state index contributed by atoms with van der Waals surface area (Å²) in [5.41, 5.74) is 6.15. The first-order chi connectivity index (χ1) is 6.15. The third-order valence-electron chi connectivity index (χ3n) is 1.71. The zero-order chi connectivity index (χ0) is 9.84. The Kier molecular flexibility index (Phi) is 3.84. The molecule has 0 radical (unpaired) electrons. The number of hydrogen-bond acceptors (Lipinski definition) is 2. The normalized spacial score (nSPS) is 12.9. The molecule has 72 valence electrons. The summed E-state index contributed by atoms with van der Waals surface area (Å²) >= 11 is 3.17. The fraction of sp³-hybridized carbons (Fsp3) is 0.333. The summed E-state index contributed by atoms with van der Waals surface area (Å²) < 4.78 is 18.8. The molecule has 0 aliphatic heterocycles. The molecule has 0 spiro atoms. The zero-order valence-electron chi connectivity index (χ0n) is 7.26. The summed E-state index contributed by atoms with van der Waals surface area (Å²) in [6, 6.07) is 4.40. The predicted octanol–water partition coefficient (Wildman–Crippen LogP) is 2.23. The molecule has 0 unspecified atom stereocenters. The van der Waals surface area contributed by atoms with Crippen molar-refractivity contribution in [1.29, 1.82) is 0 Å². The van der Waals surface area contributed by atoms with Gasteiger partial charge in [-0.2, -0.15) is 0 Å². The highest BCUT2D eigenvalue weighted by molar-refractivity contribution is 9.10. The van der Waals surface area contributed by atoms with Crippen LogP contribution < -0.4 is 5.73 Å². The maximum Gasteiger partial charge on any atom is 0.129 e. The molecule has 1 rings (SSSR count). The van der Waals surface area contributed by atoms with Crippen LogP contribution in [-0.4, -0.2) is 13.7 Å². The summed E-state index contributed by atoms with van der Waals surface area (Å²) in [5, 5.41) is 0. The van der Waals surface area contributed by atoms with Crippen LogP contribution >= 0.6 is 15.9 Å². The van der Waals surface area contributed by atoms with Gasteiger partial charge in [0.2, 0.25) is 0 Å². The van der Waals surface area contributed by atoms with Gasteiger partial charge in [-0.3, -0.25) is 0 Å². The van der Waals surface area contributed by atoms with Crippen LogP contribution in [0, 0.1) is 5.82 Å². The van der Waals surface area contributed by atoms with Crippen LogP contribution in [-0.2, 0) is 4.74 Å². The van der Waals surface area contributed by atoms with Crippen molar-refractivity contribution < 1.29 is 9.13 Å². The van der Waals surface area contributed by atoms with Crippen molar-refractivity contribution in [2.24, 2.45) is 5.73 Å². The van der Waals surface area contributed by atoms with Gasteiger partial charge in [-0.15, -0.1) is 0 Å². The van der Waals surface area contributed by atoms with E-state index >= 15 is 0 Å². The summed E-state index contributed by atoms with van der Waals surface area (Å²) in [6.45, 7) is 0.318. The van der Waals surface area contributed by atoms with Crippen LogP contribution in [0.4, 0.5) is 4.39 Å². The first kappa shape index (κ1) is 10.6. The minimum absolute atomic E-state index is 0.307. The van der Waals surface area contributed by atoms with Gasteiger partial charge in [-0.1, -0.05) is 22.0 Å². The second kappa shape index (κ2) is 4.69. The van der Waals surface area contributed by atoms with Gasteiger partial charge < -0.3 is 10.5 Å². The molecular formula is C9H11BrFNO. The van der Waals surface area contributed by atoms with Crippen LogP contribution in [0.25, 0.3) is 0 Å². The van der Waals surface area contributed by atoms with Crippen LogP contribution in [0.15, 0.2) is 22.7 Å². The van der Waals surface area contributed by atoms with E-state index in [1.54, 1.807) is 12.1 Å². The Morgan fingerprint density at radius 1 is 1.62 bits per heavy atom.